The fourth-order valence-electron chi connectivity index (χ4n) is 5.12. The topological polar surface area (TPSA) is 86.4 Å². The van der Waals surface area contributed by atoms with E-state index in [9.17, 15) is 14.4 Å². The van der Waals surface area contributed by atoms with Gasteiger partial charge in [0, 0.05) is 24.6 Å². The summed E-state index contributed by atoms with van der Waals surface area (Å²) in [5, 5.41) is 0. The summed E-state index contributed by atoms with van der Waals surface area (Å²) in [7, 11) is 0. The lowest BCUT2D eigenvalue weighted by Crippen LogP contribution is -2.43. The molecule has 2 atom stereocenters. The smallest absolute Gasteiger partial charge is 0.254 e. The van der Waals surface area contributed by atoms with Gasteiger partial charge in [0.1, 0.15) is 5.82 Å². The van der Waals surface area contributed by atoms with E-state index in [-0.39, 0.29) is 35.3 Å². The molecular weight excluding hydrogens is 416 g/mol. The average molecular weight is 449 g/mol. The van der Waals surface area contributed by atoms with Gasteiger partial charge in [-0.1, -0.05) is 29.8 Å². The number of nitrogens with one attached hydrogen (secondary N) is 1. The van der Waals surface area contributed by atoms with Crippen molar-refractivity contribution in [1.82, 2.24) is 19.8 Å². The Labute approximate surface area is 194 Å². The molecule has 0 radical (unpaired) electrons. The highest BCUT2D eigenvalue weighted by Crippen LogP contribution is 2.34. The van der Waals surface area contributed by atoms with Gasteiger partial charge in [0.2, 0.25) is 11.8 Å². The minimum absolute atomic E-state index is 0.0643. The zero-order valence-corrected chi connectivity index (χ0v) is 19.5. The van der Waals surface area contributed by atoms with E-state index >= 15 is 0 Å². The number of aryl methyl sites for hydroxylation is 1. The minimum Gasteiger partial charge on any atom is -0.336 e. The van der Waals surface area contributed by atoms with Gasteiger partial charge in [-0.2, -0.15) is 0 Å². The number of carbonyl (C=O) groups excluding carboxylic acids is 2. The van der Waals surface area contributed by atoms with Crippen molar-refractivity contribution >= 4 is 11.8 Å². The van der Waals surface area contributed by atoms with Crippen molar-refractivity contribution in [1.29, 1.82) is 0 Å². The third-order valence-corrected chi connectivity index (χ3v) is 7.38. The van der Waals surface area contributed by atoms with Crippen LogP contribution in [-0.4, -0.2) is 44.7 Å². The quantitative estimate of drug-likeness (QED) is 0.778. The third kappa shape index (κ3) is 4.33. The summed E-state index contributed by atoms with van der Waals surface area (Å²) < 4.78 is 0. The van der Waals surface area contributed by atoms with Gasteiger partial charge in [0.15, 0.2) is 0 Å². The van der Waals surface area contributed by atoms with Crippen LogP contribution in [0.1, 0.15) is 79.2 Å². The van der Waals surface area contributed by atoms with E-state index in [2.05, 4.69) is 4.98 Å². The van der Waals surface area contributed by atoms with Crippen LogP contribution in [0.5, 0.6) is 0 Å². The molecule has 174 valence electrons. The summed E-state index contributed by atoms with van der Waals surface area (Å²) in [4.78, 5) is 50.6. The zero-order chi connectivity index (χ0) is 23.1. The maximum Gasteiger partial charge on any atom is 0.254 e. The molecule has 1 saturated carbocycles. The summed E-state index contributed by atoms with van der Waals surface area (Å²) in [5.74, 6) is 0.703. The third-order valence-electron chi connectivity index (χ3n) is 7.38. The van der Waals surface area contributed by atoms with Crippen molar-refractivity contribution in [3.05, 3.63) is 62.8 Å². The van der Waals surface area contributed by atoms with Crippen molar-refractivity contribution in [2.45, 2.75) is 70.9 Å². The zero-order valence-electron chi connectivity index (χ0n) is 19.5. The lowest BCUT2D eigenvalue weighted by atomic mass is 9.94. The van der Waals surface area contributed by atoms with E-state index in [0.29, 0.717) is 43.1 Å². The molecule has 2 aliphatic heterocycles. The van der Waals surface area contributed by atoms with Gasteiger partial charge in [-0.25, -0.2) is 4.98 Å². The van der Waals surface area contributed by atoms with Gasteiger partial charge < -0.3 is 14.8 Å². The standard InChI is InChI=1S/C26H32N4O3/c1-16-6-8-18(9-7-16)17(2)25(32)30-13-4-3-5-22(30)23-27-21-15-29(26(33)19-10-11-19)14-12-20(21)24(31)28-23/h6-9,17,19,22H,3-5,10-15H2,1-2H3,(H,27,28,31)/t17-,22-/m1/s1. The number of nitrogens with zero attached hydrogens (tertiary/aromatic N) is 3. The Kier molecular flexibility index (Phi) is 5.81. The van der Waals surface area contributed by atoms with E-state index in [1.54, 1.807) is 0 Å². The number of hydrogen-bond donors (Lipinski definition) is 1. The highest BCUT2D eigenvalue weighted by Gasteiger charge is 2.37. The summed E-state index contributed by atoms with van der Waals surface area (Å²) in [6, 6.07) is 7.85. The van der Waals surface area contributed by atoms with Gasteiger partial charge in [0.25, 0.3) is 5.56 Å². The van der Waals surface area contributed by atoms with E-state index < -0.39 is 0 Å². The molecule has 1 saturated heterocycles. The fourth-order valence-corrected chi connectivity index (χ4v) is 5.12. The first-order chi connectivity index (χ1) is 15.9. The minimum atomic E-state index is -0.262. The molecular formula is C26H32N4O3. The number of amides is 2. The van der Waals surface area contributed by atoms with E-state index in [4.69, 9.17) is 4.98 Å². The average Bonchev–Trinajstić information content (AvgIpc) is 3.68. The van der Waals surface area contributed by atoms with Crippen LogP contribution in [-0.2, 0) is 22.6 Å². The lowest BCUT2D eigenvalue weighted by Gasteiger charge is -2.37. The van der Waals surface area contributed by atoms with Gasteiger partial charge in [-0.05, 0) is 57.9 Å². The maximum absolute atomic E-state index is 13.5. The molecule has 3 aliphatic rings. The number of fused-ring (bicyclic) bond motifs is 1. The molecule has 7 nitrogen and oxygen atoms in total. The first kappa shape index (κ1) is 21.9. The van der Waals surface area contributed by atoms with E-state index in [1.165, 1.54) is 5.56 Å². The van der Waals surface area contributed by atoms with Gasteiger partial charge in [-0.3, -0.25) is 14.4 Å². The van der Waals surface area contributed by atoms with Crippen LogP contribution in [0.15, 0.2) is 29.1 Å². The molecule has 5 rings (SSSR count). The number of rotatable bonds is 4. The molecule has 2 amide bonds. The van der Waals surface area contributed by atoms with Gasteiger partial charge >= 0.3 is 0 Å². The van der Waals surface area contributed by atoms with E-state index in [0.717, 1.165) is 37.7 Å². The van der Waals surface area contributed by atoms with E-state index in [1.807, 2.05) is 47.9 Å². The Bertz CT molecular complexity index is 1120. The molecule has 0 spiro atoms. The molecule has 1 aromatic heterocycles. The molecule has 1 aliphatic carbocycles. The number of H-pyrrole nitrogens is 1. The summed E-state index contributed by atoms with van der Waals surface area (Å²) in [6.07, 6.45) is 5.18. The number of hydrogen-bond acceptors (Lipinski definition) is 4. The first-order valence-corrected chi connectivity index (χ1v) is 12.2. The molecule has 1 aromatic carbocycles. The SMILES string of the molecule is Cc1ccc([C@@H](C)C(=O)N2CCCC[C@@H]2c2nc3c(c(=O)[nH]2)CCN(C(=O)C2CC2)C3)cc1. The summed E-state index contributed by atoms with van der Waals surface area (Å²) in [6.45, 7) is 5.61. The highest BCUT2D eigenvalue weighted by atomic mass is 16.2. The second-order valence-corrected chi connectivity index (χ2v) is 9.84. The lowest BCUT2D eigenvalue weighted by molar-refractivity contribution is -0.136. The second-order valence-electron chi connectivity index (χ2n) is 9.84. The molecule has 1 N–H and O–H groups in total. The van der Waals surface area contributed by atoms with Crippen molar-refractivity contribution in [3.8, 4) is 0 Å². The van der Waals surface area contributed by atoms with Crippen molar-refractivity contribution in [3.63, 3.8) is 0 Å². The first-order valence-electron chi connectivity index (χ1n) is 12.2. The number of aromatic amines is 1. The Morgan fingerprint density at radius 3 is 2.58 bits per heavy atom. The Morgan fingerprint density at radius 2 is 1.85 bits per heavy atom. The van der Waals surface area contributed by atoms with Crippen LogP contribution in [0.2, 0.25) is 0 Å². The van der Waals surface area contributed by atoms with Crippen LogP contribution >= 0.6 is 0 Å². The van der Waals surface area contributed by atoms with Crippen molar-refractivity contribution < 1.29 is 9.59 Å². The largest absolute Gasteiger partial charge is 0.336 e. The molecule has 3 heterocycles. The monoisotopic (exact) mass is 448 g/mol. The molecule has 2 aromatic rings. The summed E-state index contributed by atoms with van der Waals surface area (Å²) in [5.41, 5.74) is 3.41. The molecule has 33 heavy (non-hydrogen) atoms. The van der Waals surface area contributed by atoms with Gasteiger partial charge in [0.05, 0.1) is 24.2 Å². The number of likely N-dealkylation sites (tertiary alicyclic amines) is 1. The molecule has 0 bridgehead atoms. The van der Waals surface area contributed by atoms with Gasteiger partial charge in [-0.15, -0.1) is 0 Å². The predicted molar refractivity (Wildman–Crippen MR) is 125 cm³/mol. The Hall–Kier alpha value is -2.96. The molecule has 2 fully saturated rings. The van der Waals surface area contributed by atoms with Crippen molar-refractivity contribution in [2.75, 3.05) is 13.1 Å². The number of carbonyl (C=O) groups is 2. The normalized spacial score (nSPS) is 21.5. The van der Waals surface area contributed by atoms with Crippen molar-refractivity contribution in [2.24, 2.45) is 5.92 Å². The van der Waals surface area contributed by atoms with Crippen LogP contribution in [0.3, 0.4) is 0 Å². The molecule has 0 unspecified atom stereocenters. The highest BCUT2D eigenvalue weighted by molar-refractivity contribution is 5.84. The molecule has 7 heteroatoms. The number of piperidine rings is 1. The Balaban J connectivity index is 1.41. The number of benzene rings is 1. The maximum atomic E-state index is 13.5. The predicted octanol–water partition coefficient (Wildman–Crippen LogP) is 3.23. The number of aromatic nitrogens is 2. The van der Waals surface area contributed by atoms with Crippen LogP contribution in [0, 0.1) is 12.8 Å². The Morgan fingerprint density at radius 1 is 1.09 bits per heavy atom. The fraction of sp³-hybridized carbons (Fsp3) is 0.538. The van der Waals surface area contributed by atoms with Crippen LogP contribution < -0.4 is 5.56 Å². The second kappa shape index (κ2) is 8.76. The van der Waals surface area contributed by atoms with Crippen LogP contribution in [0.4, 0.5) is 0 Å². The van der Waals surface area contributed by atoms with Crippen LogP contribution in [0.25, 0.3) is 0 Å². The summed E-state index contributed by atoms with van der Waals surface area (Å²) >= 11 is 0.